The quantitative estimate of drug-likeness (QED) is 0.615. The molecule has 0 aliphatic heterocycles. The van der Waals surface area contributed by atoms with Crippen LogP contribution in [0, 0.1) is 0 Å². The van der Waals surface area contributed by atoms with Crippen molar-refractivity contribution in [2.45, 2.75) is 25.0 Å². The maximum Gasteiger partial charge on any atom is 0.129 e. The average molecular weight is 162 g/mol. The van der Waals surface area contributed by atoms with E-state index in [0.29, 0.717) is 5.75 Å². The Morgan fingerprint density at radius 1 is 1.70 bits per heavy atom. The molecule has 1 atom stereocenters. The monoisotopic (exact) mass is 162 g/mol. The van der Waals surface area contributed by atoms with Crippen molar-refractivity contribution in [1.82, 2.24) is 0 Å². The lowest BCUT2D eigenvalue weighted by molar-refractivity contribution is -0.105. The van der Waals surface area contributed by atoms with Crippen molar-refractivity contribution in [3.8, 4) is 0 Å². The van der Waals surface area contributed by atoms with E-state index in [0.717, 1.165) is 12.7 Å². The summed E-state index contributed by atoms with van der Waals surface area (Å²) >= 11 is 1.51. The maximum absolute atomic E-state index is 9.98. The van der Waals surface area contributed by atoms with Crippen LogP contribution in [-0.4, -0.2) is 28.5 Å². The molecule has 0 bridgehead atoms. The number of thioether (sulfide) groups is 1. The lowest BCUT2D eigenvalue weighted by atomic mass is 10.1. The molecule has 1 unspecified atom stereocenters. The minimum atomic E-state index is -0.124. The summed E-state index contributed by atoms with van der Waals surface area (Å²) in [6.07, 6.45) is 1.76. The van der Waals surface area contributed by atoms with Crippen LogP contribution in [0.2, 0.25) is 0 Å². The molecule has 0 fully saturated rings. The third-order valence-corrected chi connectivity index (χ3v) is 3.00. The first-order chi connectivity index (χ1) is 4.68. The number of carbonyl (C=O) groups excluding carboxylic acids is 1. The SMILES string of the molecule is CCC(C)(CO)SCC=O. The van der Waals surface area contributed by atoms with E-state index >= 15 is 0 Å². The Bertz CT molecular complexity index is 99.8. The third kappa shape index (κ3) is 3.22. The van der Waals surface area contributed by atoms with Crippen molar-refractivity contribution in [2.24, 2.45) is 0 Å². The molecule has 0 saturated heterocycles. The maximum atomic E-state index is 9.98. The number of aldehydes is 1. The highest BCUT2D eigenvalue weighted by Crippen LogP contribution is 2.26. The Labute approximate surface area is 66.0 Å². The van der Waals surface area contributed by atoms with Gasteiger partial charge in [-0.1, -0.05) is 6.92 Å². The lowest BCUT2D eigenvalue weighted by Gasteiger charge is -2.23. The van der Waals surface area contributed by atoms with Gasteiger partial charge in [0.2, 0.25) is 0 Å². The first-order valence-electron chi connectivity index (χ1n) is 3.37. The molecule has 0 rings (SSSR count). The highest BCUT2D eigenvalue weighted by atomic mass is 32.2. The molecule has 2 nitrogen and oxygen atoms in total. The van der Waals surface area contributed by atoms with E-state index in [-0.39, 0.29) is 11.4 Å². The molecular weight excluding hydrogens is 148 g/mol. The van der Waals surface area contributed by atoms with Crippen molar-refractivity contribution >= 4 is 18.0 Å². The van der Waals surface area contributed by atoms with E-state index in [1.807, 2.05) is 13.8 Å². The van der Waals surface area contributed by atoms with Crippen LogP contribution in [-0.2, 0) is 4.79 Å². The number of hydrogen-bond acceptors (Lipinski definition) is 3. The van der Waals surface area contributed by atoms with Crippen LogP contribution in [0.1, 0.15) is 20.3 Å². The summed E-state index contributed by atoms with van der Waals surface area (Å²) in [7, 11) is 0. The van der Waals surface area contributed by atoms with Gasteiger partial charge in [-0.15, -0.1) is 11.8 Å². The molecule has 1 N–H and O–H groups in total. The van der Waals surface area contributed by atoms with Crippen molar-refractivity contribution in [2.75, 3.05) is 12.4 Å². The van der Waals surface area contributed by atoms with Gasteiger partial charge in [0.1, 0.15) is 6.29 Å². The van der Waals surface area contributed by atoms with Crippen LogP contribution >= 0.6 is 11.8 Å². The zero-order valence-electron chi connectivity index (χ0n) is 6.46. The first-order valence-corrected chi connectivity index (χ1v) is 4.35. The fourth-order valence-corrected chi connectivity index (χ4v) is 1.26. The van der Waals surface area contributed by atoms with Crippen molar-refractivity contribution in [3.05, 3.63) is 0 Å². The molecule has 0 radical (unpaired) electrons. The molecule has 10 heavy (non-hydrogen) atoms. The van der Waals surface area contributed by atoms with Gasteiger partial charge >= 0.3 is 0 Å². The van der Waals surface area contributed by atoms with Crippen molar-refractivity contribution in [1.29, 1.82) is 0 Å². The van der Waals surface area contributed by atoms with Gasteiger partial charge in [-0.25, -0.2) is 0 Å². The summed E-state index contributed by atoms with van der Waals surface area (Å²) in [5.41, 5.74) is 0. The molecule has 0 heterocycles. The smallest absolute Gasteiger partial charge is 0.129 e. The second-order valence-corrected chi connectivity index (χ2v) is 4.05. The van der Waals surface area contributed by atoms with E-state index in [9.17, 15) is 4.79 Å². The topological polar surface area (TPSA) is 37.3 Å². The van der Waals surface area contributed by atoms with Gasteiger partial charge in [-0.3, -0.25) is 0 Å². The van der Waals surface area contributed by atoms with Gasteiger partial charge < -0.3 is 9.90 Å². The summed E-state index contributed by atoms with van der Waals surface area (Å²) < 4.78 is -0.124. The van der Waals surface area contributed by atoms with Gasteiger partial charge in [-0.2, -0.15) is 0 Å². The Morgan fingerprint density at radius 3 is 2.60 bits per heavy atom. The summed E-state index contributed by atoms with van der Waals surface area (Å²) in [5, 5.41) is 8.88. The number of carbonyl (C=O) groups is 1. The summed E-state index contributed by atoms with van der Waals surface area (Å²) in [6, 6.07) is 0. The van der Waals surface area contributed by atoms with E-state index in [2.05, 4.69) is 0 Å². The van der Waals surface area contributed by atoms with E-state index in [1.165, 1.54) is 11.8 Å². The zero-order valence-corrected chi connectivity index (χ0v) is 7.28. The predicted molar refractivity (Wildman–Crippen MR) is 44.3 cm³/mol. The van der Waals surface area contributed by atoms with Crippen molar-refractivity contribution < 1.29 is 9.90 Å². The summed E-state index contributed by atoms with van der Waals surface area (Å²) in [5.74, 6) is 0.477. The number of rotatable bonds is 5. The third-order valence-electron chi connectivity index (χ3n) is 1.58. The minimum Gasteiger partial charge on any atom is -0.395 e. The first kappa shape index (κ1) is 9.98. The second-order valence-electron chi connectivity index (χ2n) is 2.44. The Morgan fingerprint density at radius 2 is 2.30 bits per heavy atom. The lowest BCUT2D eigenvalue weighted by Crippen LogP contribution is -2.24. The Kier molecular flexibility index (Phi) is 4.73. The zero-order chi connectivity index (χ0) is 8.04. The molecule has 0 aromatic heterocycles. The highest BCUT2D eigenvalue weighted by molar-refractivity contribution is 8.01. The highest BCUT2D eigenvalue weighted by Gasteiger charge is 2.20. The predicted octanol–water partition coefficient (Wildman–Crippen LogP) is 1.08. The van der Waals surface area contributed by atoms with Crippen LogP contribution < -0.4 is 0 Å². The van der Waals surface area contributed by atoms with Gasteiger partial charge in [0.25, 0.3) is 0 Å². The minimum absolute atomic E-state index is 0.124. The molecule has 0 saturated carbocycles. The van der Waals surface area contributed by atoms with Gasteiger partial charge in [-0.05, 0) is 13.3 Å². The second kappa shape index (κ2) is 4.74. The summed E-state index contributed by atoms with van der Waals surface area (Å²) in [6.45, 7) is 4.11. The standard InChI is InChI=1S/C7H14O2S/c1-3-7(2,6-9)10-5-4-8/h4,9H,3,5-6H2,1-2H3. The van der Waals surface area contributed by atoms with Crippen molar-refractivity contribution in [3.63, 3.8) is 0 Å². The largest absolute Gasteiger partial charge is 0.395 e. The van der Waals surface area contributed by atoms with E-state index < -0.39 is 0 Å². The molecule has 60 valence electrons. The normalized spacial score (nSPS) is 16.3. The Balaban J connectivity index is 3.68. The molecule has 0 amide bonds. The van der Waals surface area contributed by atoms with Gasteiger partial charge in [0, 0.05) is 10.5 Å². The van der Waals surface area contributed by atoms with E-state index in [1.54, 1.807) is 0 Å². The fourth-order valence-electron chi connectivity index (χ4n) is 0.495. The van der Waals surface area contributed by atoms with Crippen LogP contribution in [0.15, 0.2) is 0 Å². The molecule has 0 spiro atoms. The molecule has 0 aromatic rings. The molecule has 0 aliphatic carbocycles. The summed E-state index contributed by atoms with van der Waals surface area (Å²) in [4.78, 5) is 9.98. The van der Waals surface area contributed by atoms with Crippen LogP contribution in [0.25, 0.3) is 0 Å². The molecule has 3 heteroatoms. The fraction of sp³-hybridized carbons (Fsp3) is 0.857. The van der Waals surface area contributed by atoms with Crippen LogP contribution in [0.5, 0.6) is 0 Å². The molecular formula is C7H14O2S. The number of aliphatic hydroxyl groups excluding tert-OH is 1. The molecule has 0 aromatic carbocycles. The number of aliphatic hydroxyl groups is 1. The molecule has 0 aliphatic rings. The van der Waals surface area contributed by atoms with E-state index in [4.69, 9.17) is 5.11 Å². The van der Waals surface area contributed by atoms with Crippen LogP contribution in [0.4, 0.5) is 0 Å². The average Bonchev–Trinajstić information content (AvgIpc) is 2.00. The Hall–Kier alpha value is -0.0200. The number of hydrogen-bond donors (Lipinski definition) is 1. The van der Waals surface area contributed by atoms with Gasteiger partial charge in [0.05, 0.1) is 6.61 Å². The van der Waals surface area contributed by atoms with Crippen LogP contribution in [0.3, 0.4) is 0 Å². The van der Waals surface area contributed by atoms with Gasteiger partial charge in [0.15, 0.2) is 0 Å².